The van der Waals surface area contributed by atoms with Gasteiger partial charge in [-0.2, -0.15) is 0 Å². The number of rotatable bonds is 13. The molecule has 1 aromatic rings. The number of unbranched alkanes of at least 4 members (excludes halogenated alkanes) is 7. The standard InChI is InChI=1S/C20H36N2O/c1-5-6-7-8-9-10-11-12-15-21-18(4)19-13-14-20(22-16-19)23-17(2)3/h13-14,16-18,21H,5-12,15H2,1-4H3/t18-/m0/s1. The van der Waals surface area contributed by atoms with Gasteiger partial charge in [0.2, 0.25) is 5.88 Å². The molecule has 0 bridgehead atoms. The molecule has 0 aliphatic rings. The van der Waals surface area contributed by atoms with Crippen LogP contribution in [-0.2, 0) is 0 Å². The molecule has 0 unspecified atom stereocenters. The lowest BCUT2D eigenvalue weighted by Gasteiger charge is -2.15. The van der Waals surface area contributed by atoms with Crippen molar-refractivity contribution in [1.29, 1.82) is 0 Å². The van der Waals surface area contributed by atoms with Crippen LogP contribution in [0, 0.1) is 0 Å². The Morgan fingerprint density at radius 3 is 2.17 bits per heavy atom. The number of pyridine rings is 1. The lowest BCUT2D eigenvalue weighted by atomic mass is 10.1. The molecule has 1 aromatic heterocycles. The zero-order chi connectivity index (χ0) is 16.9. The van der Waals surface area contributed by atoms with Crippen LogP contribution in [0.4, 0.5) is 0 Å². The summed E-state index contributed by atoms with van der Waals surface area (Å²) in [5.74, 6) is 0.707. The van der Waals surface area contributed by atoms with Crippen LogP contribution >= 0.6 is 0 Å². The van der Waals surface area contributed by atoms with E-state index in [-0.39, 0.29) is 6.10 Å². The van der Waals surface area contributed by atoms with Gasteiger partial charge in [0.1, 0.15) is 0 Å². The van der Waals surface area contributed by atoms with Gasteiger partial charge in [0.05, 0.1) is 6.10 Å². The van der Waals surface area contributed by atoms with Crippen molar-refractivity contribution in [3.05, 3.63) is 23.9 Å². The third-order valence-electron chi connectivity index (χ3n) is 4.10. The first-order valence-corrected chi connectivity index (χ1v) is 9.49. The summed E-state index contributed by atoms with van der Waals surface area (Å²) < 4.78 is 5.58. The summed E-state index contributed by atoms with van der Waals surface area (Å²) in [5, 5.41) is 3.59. The number of nitrogens with one attached hydrogen (secondary N) is 1. The summed E-state index contributed by atoms with van der Waals surface area (Å²) in [4.78, 5) is 4.37. The van der Waals surface area contributed by atoms with Gasteiger partial charge in [0.15, 0.2) is 0 Å². The van der Waals surface area contributed by atoms with E-state index in [0.29, 0.717) is 11.9 Å². The van der Waals surface area contributed by atoms with Gasteiger partial charge >= 0.3 is 0 Å². The summed E-state index contributed by atoms with van der Waals surface area (Å²) in [5.41, 5.74) is 1.22. The highest BCUT2D eigenvalue weighted by Gasteiger charge is 2.06. The van der Waals surface area contributed by atoms with E-state index in [1.54, 1.807) is 0 Å². The molecule has 1 heterocycles. The van der Waals surface area contributed by atoms with Crippen LogP contribution in [0.1, 0.15) is 90.7 Å². The second kappa shape index (κ2) is 12.3. The Bertz CT molecular complexity index is 389. The van der Waals surface area contributed by atoms with E-state index in [1.807, 2.05) is 26.1 Å². The molecule has 3 nitrogen and oxygen atoms in total. The van der Waals surface area contributed by atoms with Gasteiger partial charge in [-0.1, -0.05) is 57.9 Å². The lowest BCUT2D eigenvalue weighted by molar-refractivity contribution is 0.232. The van der Waals surface area contributed by atoms with Gasteiger partial charge in [0.25, 0.3) is 0 Å². The fourth-order valence-electron chi connectivity index (χ4n) is 2.65. The molecule has 0 saturated heterocycles. The van der Waals surface area contributed by atoms with E-state index >= 15 is 0 Å². The average molecular weight is 321 g/mol. The summed E-state index contributed by atoms with van der Waals surface area (Å²) in [7, 11) is 0. The van der Waals surface area contributed by atoms with Gasteiger partial charge in [0, 0.05) is 18.3 Å². The van der Waals surface area contributed by atoms with Crippen molar-refractivity contribution in [2.45, 2.75) is 91.2 Å². The minimum absolute atomic E-state index is 0.172. The van der Waals surface area contributed by atoms with Crippen molar-refractivity contribution in [2.24, 2.45) is 0 Å². The molecule has 0 spiro atoms. The third-order valence-corrected chi connectivity index (χ3v) is 4.10. The maximum Gasteiger partial charge on any atom is 0.213 e. The van der Waals surface area contributed by atoms with E-state index in [2.05, 4.69) is 30.2 Å². The molecule has 1 rings (SSSR count). The van der Waals surface area contributed by atoms with Crippen molar-refractivity contribution in [2.75, 3.05) is 6.54 Å². The molecule has 0 radical (unpaired) electrons. The van der Waals surface area contributed by atoms with Crippen LogP contribution in [0.25, 0.3) is 0 Å². The van der Waals surface area contributed by atoms with Crippen molar-refractivity contribution in [3.8, 4) is 5.88 Å². The van der Waals surface area contributed by atoms with Crippen LogP contribution in [0.3, 0.4) is 0 Å². The third kappa shape index (κ3) is 9.60. The predicted molar refractivity (Wildman–Crippen MR) is 99.0 cm³/mol. The number of ether oxygens (including phenoxy) is 1. The van der Waals surface area contributed by atoms with Gasteiger partial charge in [-0.3, -0.25) is 0 Å². The maximum atomic E-state index is 5.58. The number of nitrogens with zero attached hydrogens (tertiary/aromatic N) is 1. The zero-order valence-corrected chi connectivity index (χ0v) is 15.6. The van der Waals surface area contributed by atoms with Crippen LogP contribution in [-0.4, -0.2) is 17.6 Å². The minimum atomic E-state index is 0.172. The van der Waals surface area contributed by atoms with Crippen LogP contribution in [0.5, 0.6) is 5.88 Å². The predicted octanol–water partition coefficient (Wildman–Crippen LogP) is 5.66. The van der Waals surface area contributed by atoms with Gasteiger partial charge in [-0.05, 0) is 39.3 Å². The molecule has 0 aliphatic carbocycles. The van der Waals surface area contributed by atoms with Gasteiger partial charge in [-0.15, -0.1) is 0 Å². The zero-order valence-electron chi connectivity index (χ0n) is 15.6. The molecule has 0 saturated carbocycles. The topological polar surface area (TPSA) is 34.1 Å². The quantitative estimate of drug-likeness (QED) is 0.476. The second-order valence-electron chi connectivity index (χ2n) is 6.75. The van der Waals surface area contributed by atoms with E-state index in [1.165, 1.54) is 56.9 Å². The van der Waals surface area contributed by atoms with Crippen molar-refractivity contribution in [1.82, 2.24) is 10.3 Å². The Hall–Kier alpha value is -1.09. The molecule has 23 heavy (non-hydrogen) atoms. The second-order valence-corrected chi connectivity index (χ2v) is 6.75. The molecule has 0 amide bonds. The van der Waals surface area contributed by atoms with E-state index in [0.717, 1.165) is 6.54 Å². The van der Waals surface area contributed by atoms with Crippen LogP contribution < -0.4 is 10.1 Å². The maximum absolute atomic E-state index is 5.58. The van der Waals surface area contributed by atoms with Crippen molar-refractivity contribution in [3.63, 3.8) is 0 Å². The number of hydrogen-bond acceptors (Lipinski definition) is 3. The first-order chi connectivity index (χ1) is 11.1. The highest BCUT2D eigenvalue weighted by molar-refractivity contribution is 5.20. The van der Waals surface area contributed by atoms with E-state index < -0.39 is 0 Å². The molecule has 0 fully saturated rings. The van der Waals surface area contributed by atoms with E-state index in [9.17, 15) is 0 Å². The SMILES string of the molecule is CCCCCCCCCCN[C@@H](C)c1ccc(OC(C)C)nc1. The Balaban J connectivity index is 2.10. The Morgan fingerprint density at radius 1 is 0.957 bits per heavy atom. The van der Waals surface area contributed by atoms with Crippen molar-refractivity contribution < 1.29 is 4.74 Å². The highest BCUT2D eigenvalue weighted by atomic mass is 16.5. The largest absolute Gasteiger partial charge is 0.475 e. The first kappa shape index (κ1) is 20.0. The summed E-state index contributed by atoms with van der Waals surface area (Å²) in [6.45, 7) is 9.59. The lowest BCUT2D eigenvalue weighted by Crippen LogP contribution is -2.20. The molecule has 0 aromatic carbocycles. The van der Waals surface area contributed by atoms with Crippen LogP contribution in [0.2, 0.25) is 0 Å². The van der Waals surface area contributed by atoms with Crippen molar-refractivity contribution >= 4 is 0 Å². The molecule has 132 valence electrons. The van der Waals surface area contributed by atoms with Gasteiger partial charge < -0.3 is 10.1 Å². The molecule has 1 N–H and O–H groups in total. The monoisotopic (exact) mass is 320 g/mol. The number of hydrogen-bond donors (Lipinski definition) is 1. The number of aromatic nitrogens is 1. The summed E-state index contributed by atoms with van der Waals surface area (Å²) in [6, 6.07) is 4.42. The smallest absolute Gasteiger partial charge is 0.213 e. The molecular weight excluding hydrogens is 284 g/mol. The highest BCUT2D eigenvalue weighted by Crippen LogP contribution is 2.15. The molecule has 1 atom stereocenters. The Labute approximate surface area is 143 Å². The average Bonchev–Trinajstić information content (AvgIpc) is 2.53. The Kier molecular flexibility index (Phi) is 10.7. The normalized spacial score (nSPS) is 12.6. The minimum Gasteiger partial charge on any atom is -0.475 e. The van der Waals surface area contributed by atoms with Gasteiger partial charge in [-0.25, -0.2) is 4.98 Å². The summed E-state index contributed by atoms with van der Waals surface area (Å²) in [6.07, 6.45) is 13.0. The fraction of sp³-hybridized carbons (Fsp3) is 0.750. The molecule has 0 aliphatic heterocycles. The molecular formula is C20H36N2O. The Morgan fingerprint density at radius 2 is 1.61 bits per heavy atom. The first-order valence-electron chi connectivity index (χ1n) is 9.49. The summed E-state index contributed by atoms with van der Waals surface area (Å²) >= 11 is 0. The molecule has 3 heteroatoms. The van der Waals surface area contributed by atoms with Crippen LogP contribution in [0.15, 0.2) is 18.3 Å². The fourth-order valence-corrected chi connectivity index (χ4v) is 2.65. The van der Waals surface area contributed by atoms with E-state index in [4.69, 9.17) is 4.74 Å².